The van der Waals surface area contributed by atoms with Crippen LogP contribution in [0.1, 0.15) is 50.7 Å². The predicted octanol–water partition coefficient (Wildman–Crippen LogP) is 14.0. The Balaban J connectivity index is 1.31. The summed E-state index contributed by atoms with van der Waals surface area (Å²) in [5.41, 5.74) is 11.1. The second-order valence-corrected chi connectivity index (χ2v) is 14.8. The van der Waals surface area contributed by atoms with Gasteiger partial charge in [0, 0.05) is 10.8 Å². The Kier molecular flexibility index (Phi) is 6.88. The molecule has 0 saturated carbocycles. The number of para-hydroxylation sites is 1. The Labute approximate surface area is 302 Å². The molecule has 0 atom stereocenters. The summed E-state index contributed by atoms with van der Waals surface area (Å²) >= 11 is 0. The Morgan fingerprint density at radius 2 is 1.15 bits per heavy atom. The highest BCUT2D eigenvalue weighted by Gasteiger charge is 2.26. The van der Waals surface area contributed by atoms with Gasteiger partial charge in [-0.2, -0.15) is 0 Å². The predicted molar refractivity (Wildman–Crippen MR) is 220 cm³/mol. The summed E-state index contributed by atoms with van der Waals surface area (Å²) in [5, 5.41) is 9.46. The van der Waals surface area contributed by atoms with Gasteiger partial charge in [-0.05, 0) is 109 Å². The first-order valence-corrected chi connectivity index (χ1v) is 18.3. The van der Waals surface area contributed by atoms with Crippen molar-refractivity contribution < 1.29 is 4.42 Å². The maximum Gasteiger partial charge on any atom is 0.149 e. The van der Waals surface area contributed by atoms with Gasteiger partial charge in [0.2, 0.25) is 0 Å². The van der Waals surface area contributed by atoms with Crippen LogP contribution in [0, 0.1) is 0 Å². The van der Waals surface area contributed by atoms with Gasteiger partial charge in [0.05, 0.1) is 22.3 Å². The van der Waals surface area contributed by atoms with Gasteiger partial charge in [-0.15, -0.1) is 0 Å². The van der Waals surface area contributed by atoms with E-state index in [4.69, 9.17) is 9.40 Å². The lowest BCUT2D eigenvalue weighted by atomic mass is 9.88. The summed E-state index contributed by atoms with van der Waals surface area (Å²) in [6.07, 6.45) is 0. The van der Waals surface area contributed by atoms with Gasteiger partial charge in [0.15, 0.2) is 0 Å². The molecule has 10 aromatic rings. The van der Waals surface area contributed by atoms with E-state index in [9.17, 15) is 0 Å². The molecule has 0 bridgehead atoms. The minimum absolute atomic E-state index is 0.270. The van der Waals surface area contributed by atoms with Crippen molar-refractivity contribution in [3.8, 4) is 28.2 Å². The number of rotatable bonds is 5. The molecule has 2 aromatic heterocycles. The Morgan fingerprint density at radius 1 is 0.500 bits per heavy atom. The third-order valence-electron chi connectivity index (χ3n) is 10.9. The summed E-state index contributed by atoms with van der Waals surface area (Å²) in [5.74, 6) is 1.43. The van der Waals surface area contributed by atoms with Crippen LogP contribution in [0.15, 0.2) is 150 Å². The highest BCUT2D eigenvalue weighted by Crippen LogP contribution is 2.44. The van der Waals surface area contributed by atoms with E-state index in [1.165, 1.54) is 60.3 Å². The van der Waals surface area contributed by atoms with Crippen molar-refractivity contribution in [2.75, 3.05) is 0 Å². The molecule has 3 heteroatoms. The van der Waals surface area contributed by atoms with Crippen molar-refractivity contribution in [3.63, 3.8) is 0 Å². The number of aromatic nitrogens is 2. The van der Waals surface area contributed by atoms with Crippen molar-refractivity contribution in [2.24, 2.45) is 0 Å². The Hall–Kier alpha value is -6.19. The molecular formula is C49H38N2O. The van der Waals surface area contributed by atoms with Crippen LogP contribution >= 0.6 is 0 Å². The molecule has 0 unspecified atom stereocenters. The zero-order chi connectivity index (χ0) is 35.1. The lowest BCUT2D eigenvalue weighted by Gasteiger charge is -2.24. The van der Waals surface area contributed by atoms with E-state index in [2.05, 4.69) is 178 Å². The van der Waals surface area contributed by atoms with E-state index < -0.39 is 0 Å². The highest BCUT2D eigenvalue weighted by molar-refractivity contribution is 6.17. The first-order valence-electron chi connectivity index (χ1n) is 18.3. The first kappa shape index (κ1) is 30.6. The number of benzene rings is 8. The van der Waals surface area contributed by atoms with E-state index in [1.807, 2.05) is 0 Å². The molecule has 0 aliphatic carbocycles. The van der Waals surface area contributed by atoms with Crippen LogP contribution in [0.3, 0.4) is 0 Å². The lowest BCUT2D eigenvalue weighted by Crippen LogP contribution is -2.09. The average molecular weight is 671 g/mol. The van der Waals surface area contributed by atoms with Gasteiger partial charge < -0.3 is 4.42 Å². The Bertz CT molecular complexity index is 2990. The molecule has 0 amide bonds. The van der Waals surface area contributed by atoms with Gasteiger partial charge >= 0.3 is 0 Å². The first-order chi connectivity index (χ1) is 25.4. The molecule has 0 radical (unpaired) electrons. The van der Waals surface area contributed by atoms with Gasteiger partial charge in [0.25, 0.3) is 0 Å². The van der Waals surface area contributed by atoms with Gasteiger partial charge in [-0.1, -0.05) is 131 Å². The monoisotopic (exact) mass is 670 g/mol. The van der Waals surface area contributed by atoms with Crippen molar-refractivity contribution in [3.05, 3.63) is 157 Å². The second kappa shape index (κ2) is 11.7. The van der Waals surface area contributed by atoms with Crippen LogP contribution < -0.4 is 0 Å². The van der Waals surface area contributed by atoms with E-state index >= 15 is 0 Å². The third kappa shape index (κ3) is 4.69. The van der Waals surface area contributed by atoms with E-state index in [1.54, 1.807) is 0 Å². The Morgan fingerprint density at radius 3 is 1.90 bits per heavy atom. The molecule has 2 heterocycles. The van der Waals surface area contributed by atoms with Gasteiger partial charge in [-0.3, -0.25) is 4.57 Å². The minimum Gasteiger partial charge on any atom is -0.455 e. The van der Waals surface area contributed by atoms with E-state index in [-0.39, 0.29) is 11.8 Å². The smallest absolute Gasteiger partial charge is 0.149 e. The molecule has 3 nitrogen and oxygen atoms in total. The largest absolute Gasteiger partial charge is 0.455 e. The average Bonchev–Trinajstić information content (AvgIpc) is 3.73. The van der Waals surface area contributed by atoms with Crippen molar-refractivity contribution in [1.82, 2.24) is 9.55 Å². The fraction of sp³-hybridized carbons (Fsp3) is 0.122. The lowest BCUT2D eigenvalue weighted by molar-refractivity contribution is 0.670. The number of hydrogen-bond donors (Lipinski definition) is 0. The number of fused-ring (bicyclic) bond motifs is 8. The summed E-state index contributed by atoms with van der Waals surface area (Å²) in [6, 6.07) is 52.8. The SMILES string of the molecule is CC(C)c1cc(-c2ccccc2)cc(C(C)C)c1-n1c(-c2cccc3c2oc2cc4c(ccc5ccccc54)cc23)nc2cc3ccccc3cc21. The standard InChI is InChI=1S/C49H38N2O/c1-29(2)40-24-36(31-13-6-5-7-14-31)25-41(30(3)4)47(40)51-45-27-34-17-9-8-16-33(34)26-44(45)50-49(51)39-20-12-19-38-43-23-35-22-21-32-15-10-11-18-37(32)42(35)28-46(43)52-48(38)39/h5-30H,1-4H3. The summed E-state index contributed by atoms with van der Waals surface area (Å²) in [6.45, 7) is 9.22. The van der Waals surface area contributed by atoms with Crippen LogP contribution in [0.25, 0.3) is 93.5 Å². The number of furan rings is 1. The third-order valence-corrected chi connectivity index (χ3v) is 10.9. The van der Waals surface area contributed by atoms with E-state index in [0.717, 1.165) is 44.4 Å². The van der Waals surface area contributed by atoms with E-state index in [0.29, 0.717) is 0 Å². The summed E-state index contributed by atoms with van der Waals surface area (Å²) in [7, 11) is 0. The molecule has 0 aliphatic heterocycles. The van der Waals surface area contributed by atoms with Crippen LogP contribution in [-0.2, 0) is 0 Å². The molecular weight excluding hydrogens is 633 g/mol. The molecule has 0 spiro atoms. The zero-order valence-corrected chi connectivity index (χ0v) is 29.8. The van der Waals surface area contributed by atoms with Crippen molar-refractivity contribution >= 4 is 65.3 Å². The number of hydrogen-bond acceptors (Lipinski definition) is 2. The minimum atomic E-state index is 0.270. The molecule has 0 saturated heterocycles. The number of nitrogens with zero attached hydrogens (tertiary/aromatic N) is 2. The van der Waals surface area contributed by atoms with Gasteiger partial charge in [-0.25, -0.2) is 4.98 Å². The summed E-state index contributed by atoms with van der Waals surface area (Å²) in [4.78, 5) is 5.51. The molecule has 250 valence electrons. The molecule has 0 N–H and O–H groups in total. The number of imidazole rings is 1. The quantitative estimate of drug-likeness (QED) is 0.171. The van der Waals surface area contributed by atoms with Crippen LogP contribution in [0.2, 0.25) is 0 Å². The van der Waals surface area contributed by atoms with Crippen LogP contribution in [0.4, 0.5) is 0 Å². The van der Waals surface area contributed by atoms with Crippen LogP contribution in [0.5, 0.6) is 0 Å². The maximum atomic E-state index is 6.94. The molecule has 52 heavy (non-hydrogen) atoms. The topological polar surface area (TPSA) is 31.0 Å². The van der Waals surface area contributed by atoms with Crippen molar-refractivity contribution in [1.29, 1.82) is 0 Å². The molecule has 0 aliphatic rings. The summed E-state index contributed by atoms with van der Waals surface area (Å²) < 4.78 is 9.38. The normalized spacial score (nSPS) is 12.2. The fourth-order valence-electron chi connectivity index (χ4n) is 8.26. The highest BCUT2D eigenvalue weighted by atomic mass is 16.3. The van der Waals surface area contributed by atoms with Crippen LogP contribution in [-0.4, -0.2) is 9.55 Å². The fourth-order valence-corrected chi connectivity index (χ4v) is 8.26. The van der Waals surface area contributed by atoms with Crippen molar-refractivity contribution in [2.45, 2.75) is 39.5 Å². The maximum absolute atomic E-state index is 6.94. The van der Waals surface area contributed by atoms with Gasteiger partial charge in [0.1, 0.15) is 17.0 Å². The second-order valence-electron chi connectivity index (χ2n) is 14.8. The molecule has 0 fully saturated rings. The molecule has 8 aromatic carbocycles. The zero-order valence-electron chi connectivity index (χ0n) is 29.8. The molecule has 10 rings (SSSR count).